The van der Waals surface area contributed by atoms with Crippen molar-refractivity contribution in [2.24, 2.45) is 0 Å². The lowest BCUT2D eigenvalue weighted by molar-refractivity contribution is -0.131. The smallest absolute Gasteiger partial charge is 0.256 e. The largest absolute Gasteiger partial charge is 0.368 e. The molecular formula is C22H26BrN3O2. The van der Waals surface area contributed by atoms with Gasteiger partial charge in [0.15, 0.2) is 0 Å². The molecule has 0 aromatic heterocycles. The zero-order valence-electron chi connectivity index (χ0n) is 16.2. The van der Waals surface area contributed by atoms with Gasteiger partial charge in [0, 0.05) is 48.4 Å². The Morgan fingerprint density at radius 2 is 1.68 bits per heavy atom. The maximum atomic E-state index is 12.4. The molecule has 1 N–H and O–H groups in total. The Hall–Kier alpha value is -2.34. The Kier molecular flexibility index (Phi) is 7.09. The average Bonchev–Trinajstić information content (AvgIpc) is 2.73. The SMILES string of the molecule is CCCCC(=O)N1CCN(c2ccc(NC(=O)c3ccccc3Br)cc2)CC1. The third-order valence-electron chi connectivity index (χ3n) is 4.99. The van der Waals surface area contributed by atoms with Gasteiger partial charge in [0.2, 0.25) is 5.91 Å². The molecule has 0 aliphatic carbocycles. The van der Waals surface area contributed by atoms with Crippen molar-refractivity contribution in [1.82, 2.24) is 4.90 Å². The van der Waals surface area contributed by atoms with Crippen molar-refractivity contribution in [3.05, 3.63) is 58.6 Å². The zero-order valence-corrected chi connectivity index (χ0v) is 17.7. The molecule has 3 rings (SSSR count). The number of hydrogen-bond acceptors (Lipinski definition) is 3. The van der Waals surface area contributed by atoms with E-state index >= 15 is 0 Å². The molecule has 0 atom stereocenters. The Balaban J connectivity index is 1.54. The summed E-state index contributed by atoms with van der Waals surface area (Å²) in [6.07, 6.45) is 2.67. The first kappa shape index (κ1) is 20.4. The molecule has 5 nitrogen and oxygen atoms in total. The molecule has 2 aromatic carbocycles. The summed E-state index contributed by atoms with van der Waals surface area (Å²) in [4.78, 5) is 28.8. The lowest BCUT2D eigenvalue weighted by atomic mass is 10.2. The van der Waals surface area contributed by atoms with Gasteiger partial charge in [0.25, 0.3) is 5.91 Å². The second-order valence-electron chi connectivity index (χ2n) is 6.95. The monoisotopic (exact) mass is 443 g/mol. The van der Waals surface area contributed by atoms with Crippen molar-refractivity contribution in [3.63, 3.8) is 0 Å². The number of benzene rings is 2. The van der Waals surface area contributed by atoms with E-state index in [9.17, 15) is 9.59 Å². The van der Waals surface area contributed by atoms with Crippen LogP contribution in [-0.2, 0) is 4.79 Å². The first-order valence-corrected chi connectivity index (χ1v) is 10.6. The third kappa shape index (κ3) is 5.13. The highest BCUT2D eigenvalue weighted by molar-refractivity contribution is 9.10. The molecular weight excluding hydrogens is 418 g/mol. The number of nitrogens with zero attached hydrogens (tertiary/aromatic N) is 2. The van der Waals surface area contributed by atoms with Gasteiger partial charge in [-0.05, 0) is 58.7 Å². The summed E-state index contributed by atoms with van der Waals surface area (Å²) in [5.74, 6) is 0.131. The third-order valence-corrected chi connectivity index (χ3v) is 5.68. The summed E-state index contributed by atoms with van der Waals surface area (Å²) < 4.78 is 0.774. The summed E-state index contributed by atoms with van der Waals surface area (Å²) in [6.45, 7) is 5.31. The van der Waals surface area contributed by atoms with Crippen molar-refractivity contribution in [1.29, 1.82) is 0 Å². The minimum absolute atomic E-state index is 0.139. The van der Waals surface area contributed by atoms with E-state index in [1.54, 1.807) is 6.07 Å². The van der Waals surface area contributed by atoms with Crippen LogP contribution < -0.4 is 10.2 Å². The molecule has 1 aliphatic rings. The van der Waals surface area contributed by atoms with Gasteiger partial charge in [-0.15, -0.1) is 0 Å². The number of carbonyl (C=O) groups excluding carboxylic acids is 2. The minimum atomic E-state index is -0.139. The molecule has 0 bridgehead atoms. The zero-order chi connectivity index (χ0) is 19.9. The molecule has 6 heteroatoms. The topological polar surface area (TPSA) is 52.7 Å². The highest BCUT2D eigenvalue weighted by atomic mass is 79.9. The summed E-state index contributed by atoms with van der Waals surface area (Å²) in [5.41, 5.74) is 2.48. The van der Waals surface area contributed by atoms with E-state index in [4.69, 9.17) is 0 Å². The first-order valence-electron chi connectivity index (χ1n) is 9.77. The normalized spacial score (nSPS) is 14.1. The lowest BCUT2D eigenvalue weighted by Crippen LogP contribution is -2.48. The van der Waals surface area contributed by atoms with Gasteiger partial charge >= 0.3 is 0 Å². The van der Waals surface area contributed by atoms with E-state index < -0.39 is 0 Å². The molecule has 1 fully saturated rings. The summed E-state index contributed by atoms with van der Waals surface area (Å²) in [6, 6.07) is 15.2. The van der Waals surface area contributed by atoms with Crippen molar-refractivity contribution >= 4 is 39.1 Å². The maximum Gasteiger partial charge on any atom is 0.256 e. The van der Waals surface area contributed by atoms with E-state index in [2.05, 4.69) is 33.1 Å². The second kappa shape index (κ2) is 9.73. The number of unbranched alkanes of at least 4 members (excludes halogenated alkanes) is 1. The van der Waals surface area contributed by atoms with Crippen molar-refractivity contribution < 1.29 is 9.59 Å². The van der Waals surface area contributed by atoms with E-state index in [1.807, 2.05) is 47.4 Å². The number of carbonyl (C=O) groups is 2. The first-order chi connectivity index (χ1) is 13.6. The molecule has 0 radical (unpaired) electrons. The fourth-order valence-corrected chi connectivity index (χ4v) is 3.76. The highest BCUT2D eigenvalue weighted by Gasteiger charge is 2.20. The van der Waals surface area contributed by atoms with Crippen LogP contribution in [0.4, 0.5) is 11.4 Å². The molecule has 2 aromatic rings. The Morgan fingerprint density at radius 1 is 1.00 bits per heavy atom. The van der Waals surface area contributed by atoms with Gasteiger partial charge < -0.3 is 15.1 Å². The standard InChI is InChI=1S/C22H26BrN3O2/c1-2-3-8-21(27)26-15-13-25(14-16-26)18-11-9-17(10-12-18)24-22(28)19-6-4-5-7-20(19)23/h4-7,9-12H,2-3,8,13-16H2,1H3,(H,24,28). The molecule has 0 spiro atoms. The Morgan fingerprint density at radius 3 is 2.32 bits per heavy atom. The van der Waals surface area contributed by atoms with Crippen molar-refractivity contribution in [2.75, 3.05) is 36.4 Å². The van der Waals surface area contributed by atoms with Gasteiger partial charge in [0.1, 0.15) is 0 Å². The lowest BCUT2D eigenvalue weighted by Gasteiger charge is -2.36. The van der Waals surface area contributed by atoms with Gasteiger partial charge in [0.05, 0.1) is 5.56 Å². The van der Waals surface area contributed by atoms with Crippen LogP contribution in [0.25, 0.3) is 0 Å². The van der Waals surface area contributed by atoms with Crippen LogP contribution in [0.3, 0.4) is 0 Å². The number of anilines is 2. The minimum Gasteiger partial charge on any atom is -0.368 e. The molecule has 1 aliphatic heterocycles. The number of nitrogens with one attached hydrogen (secondary N) is 1. The van der Waals surface area contributed by atoms with Crippen LogP contribution in [0.5, 0.6) is 0 Å². The van der Waals surface area contributed by atoms with Gasteiger partial charge in [-0.3, -0.25) is 9.59 Å². The number of halogens is 1. The second-order valence-corrected chi connectivity index (χ2v) is 7.81. The molecule has 2 amide bonds. The van der Waals surface area contributed by atoms with E-state index in [-0.39, 0.29) is 11.8 Å². The predicted molar refractivity (Wildman–Crippen MR) is 117 cm³/mol. The van der Waals surface area contributed by atoms with E-state index in [0.717, 1.165) is 54.9 Å². The van der Waals surface area contributed by atoms with E-state index in [1.165, 1.54) is 0 Å². The predicted octanol–water partition coefficient (Wildman–Crippen LogP) is 4.54. The van der Waals surface area contributed by atoms with E-state index in [0.29, 0.717) is 12.0 Å². The molecule has 1 saturated heterocycles. The van der Waals surface area contributed by atoms with Crippen LogP contribution in [0.2, 0.25) is 0 Å². The van der Waals surface area contributed by atoms with Crippen molar-refractivity contribution in [3.8, 4) is 0 Å². The molecule has 148 valence electrons. The van der Waals surface area contributed by atoms with Gasteiger partial charge in [-0.1, -0.05) is 25.5 Å². The van der Waals surface area contributed by atoms with Gasteiger partial charge in [-0.2, -0.15) is 0 Å². The molecule has 0 unspecified atom stereocenters. The summed E-state index contributed by atoms with van der Waals surface area (Å²) in [7, 11) is 0. The molecule has 28 heavy (non-hydrogen) atoms. The Labute approximate surface area is 174 Å². The number of rotatable bonds is 6. The average molecular weight is 444 g/mol. The maximum absolute atomic E-state index is 12.4. The summed E-state index contributed by atoms with van der Waals surface area (Å²) >= 11 is 3.41. The van der Waals surface area contributed by atoms with Crippen LogP contribution >= 0.6 is 15.9 Å². The van der Waals surface area contributed by atoms with Gasteiger partial charge in [-0.25, -0.2) is 0 Å². The van der Waals surface area contributed by atoms with Crippen LogP contribution in [0.1, 0.15) is 36.5 Å². The van der Waals surface area contributed by atoms with Crippen molar-refractivity contribution in [2.45, 2.75) is 26.2 Å². The van der Waals surface area contributed by atoms with Crippen LogP contribution in [0, 0.1) is 0 Å². The number of amides is 2. The molecule has 0 saturated carbocycles. The fraction of sp³-hybridized carbons (Fsp3) is 0.364. The quantitative estimate of drug-likeness (QED) is 0.712. The highest BCUT2D eigenvalue weighted by Crippen LogP contribution is 2.22. The van der Waals surface area contributed by atoms with Crippen LogP contribution in [0.15, 0.2) is 53.0 Å². The summed E-state index contributed by atoms with van der Waals surface area (Å²) in [5, 5.41) is 2.93. The number of hydrogen-bond donors (Lipinski definition) is 1. The Bertz CT molecular complexity index is 815. The molecule has 1 heterocycles. The number of piperazine rings is 1. The van der Waals surface area contributed by atoms with Crippen LogP contribution in [-0.4, -0.2) is 42.9 Å². The fourth-order valence-electron chi connectivity index (χ4n) is 3.30.